The molecule has 6 nitrogen and oxygen atoms in total. The molecule has 0 spiro atoms. The van der Waals surface area contributed by atoms with Crippen LogP contribution in [0.5, 0.6) is 5.75 Å². The second-order valence-electron chi connectivity index (χ2n) is 7.48. The lowest BCUT2D eigenvalue weighted by Gasteiger charge is -2.23. The number of hydrogen-bond donors (Lipinski definition) is 3. The molecule has 1 amide bonds. The lowest BCUT2D eigenvalue weighted by atomic mass is 10.1. The summed E-state index contributed by atoms with van der Waals surface area (Å²) in [6.45, 7) is 8.79. The van der Waals surface area contributed by atoms with Gasteiger partial charge in [0, 0.05) is 38.3 Å². The van der Waals surface area contributed by atoms with Crippen molar-refractivity contribution in [1.29, 1.82) is 0 Å². The van der Waals surface area contributed by atoms with Gasteiger partial charge in [-0.1, -0.05) is 30.3 Å². The van der Waals surface area contributed by atoms with Crippen molar-refractivity contribution in [3.63, 3.8) is 0 Å². The Hall–Kier alpha value is -3.02. The van der Waals surface area contributed by atoms with Gasteiger partial charge in [-0.05, 0) is 44.5 Å². The lowest BCUT2D eigenvalue weighted by Crippen LogP contribution is -2.36. The summed E-state index contributed by atoms with van der Waals surface area (Å²) in [4.78, 5) is 15.5. The summed E-state index contributed by atoms with van der Waals surface area (Å²) in [6, 6.07) is 15.7. The van der Waals surface area contributed by atoms with Gasteiger partial charge in [0.2, 0.25) is 5.91 Å². The smallest absolute Gasteiger partial charge is 0.221 e. The molecule has 0 aliphatic rings. The Morgan fingerprint density at radius 2 is 1.75 bits per heavy atom. The Morgan fingerprint density at radius 1 is 1.04 bits per heavy atom. The summed E-state index contributed by atoms with van der Waals surface area (Å²) >= 11 is 0. The number of nitrogens with one attached hydrogen (secondary N) is 3. The van der Waals surface area contributed by atoms with Crippen LogP contribution in [-0.2, 0) is 17.9 Å². The maximum Gasteiger partial charge on any atom is 0.221 e. The largest absolute Gasteiger partial charge is 0.488 e. The predicted molar refractivity (Wildman–Crippen MR) is 115 cm³/mol. The molecule has 2 aromatic carbocycles. The molecule has 0 radical (unpaired) electrons. The molecule has 0 saturated heterocycles. The van der Waals surface area contributed by atoms with Gasteiger partial charge >= 0.3 is 0 Å². The first kappa shape index (κ1) is 21.3. The molecular weight excluding hydrogens is 352 g/mol. The number of ether oxygens (including phenoxy) is 1. The van der Waals surface area contributed by atoms with Crippen molar-refractivity contribution in [3.05, 3.63) is 59.7 Å². The summed E-state index contributed by atoms with van der Waals surface area (Å²) in [6.07, 6.45) is 0. The van der Waals surface area contributed by atoms with Gasteiger partial charge in [-0.25, -0.2) is 0 Å². The third-order valence-corrected chi connectivity index (χ3v) is 3.77. The van der Waals surface area contributed by atoms with Gasteiger partial charge in [0.05, 0.1) is 0 Å². The first-order valence-corrected chi connectivity index (χ1v) is 9.35. The van der Waals surface area contributed by atoms with Crippen LogP contribution < -0.4 is 20.7 Å². The van der Waals surface area contributed by atoms with Gasteiger partial charge in [0.1, 0.15) is 11.4 Å². The second kappa shape index (κ2) is 9.78. The van der Waals surface area contributed by atoms with Crippen LogP contribution in [0.25, 0.3) is 0 Å². The molecule has 0 atom stereocenters. The molecule has 2 rings (SSSR count). The molecular formula is C22H30N4O2. The van der Waals surface area contributed by atoms with E-state index in [9.17, 15) is 4.79 Å². The maximum atomic E-state index is 11.2. The van der Waals surface area contributed by atoms with Crippen molar-refractivity contribution in [2.24, 2.45) is 4.99 Å². The fraction of sp³-hybridized carbons (Fsp3) is 0.364. The summed E-state index contributed by atoms with van der Waals surface area (Å²) in [5.41, 5.74) is 2.64. The number of nitrogens with zero attached hydrogens (tertiary/aromatic N) is 1. The van der Waals surface area contributed by atoms with E-state index in [1.54, 1.807) is 7.05 Å². The van der Waals surface area contributed by atoms with Crippen molar-refractivity contribution in [1.82, 2.24) is 10.6 Å². The third-order valence-electron chi connectivity index (χ3n) is 3.77. The summed E-state index contributed by atoms with van der Waals surface area (Å²) < 4.78 is 6.04. The Morgan fingerprint density at radius 3 is 2.43 bits per heavy atom. The molecule has 2 aromatic rings. The Labute approximate surface area is 167 Å². The number of aliphatic imine (C=N–C) groups is 1. The van der Waals surface area contributed by atoms with Crippen LogP contribution in [0.15, 0.2) is 53.5 Å². The molecule has 150 valence electrons. The van der Waals surface area contributed by atoms with Crippen molar-refractivity contribution in [3.8, 4) is 5.75 Å². The number of carbonyl (C=O) groups excluding carboxylic acids is 1. The minimum absolute atomic E-state index is 0.0845. The molecule has 0 fully saturated rings. The standard InChI is InChI=1S/C22H30N4O2/c1-16(27)26-19-11-8-9-17(13-19)14-24-21(23-5)25-15-18-10-6-7-12-20(18)28-22(2,3)4/h6-13H,14-15H2,1-5H3,(H,26,27)(H2,23,24,25). The lowest BCUT2D eigenvalue weighted by molar-refractivity contribution is -0.114. The zero-order valence-corrected chi connectivity index (χ0v) is 17.3. The molecule has 0 heterocycles. The van der Waals surface area contributed by atoms with Gasteiger partial charge in [-0.2, -0.15) is 0 Å². The van der Waals surface area contributed by atoms with Crippen LogP contribution in [-0.4, -0.2) is 24.5 Å². The minimum Gasteiger partial charge on any atom is -0.488 e. The van der Waals surface area contributed by atoms with E-state index in [1.807, 2.05) is 69.3 Å². The van der Waals surface area contributed by atoms with Gasteiger partial charge in [-0.3, -0.25) is 9.79 Å². The van der Waals surface area contributed by atoms with E-state index in [2.05, 4.69) is 20.9 Å². The summed E-state index contributed by atoms with van der Waals surface area (Å²) in [7, 11) is 1.74. The molecule has 28 heavy (non-hydrogen) atoms. The second-order valence-corrected chi connectivity index (χ2v) is 7.48. The molecule has 6 heteroatoms. The van der Waals surface area contributed by atoms with E-state index in [-0.39, 0.29) is 11.5 Å². The number of hydrogen-bond acceptors (Lipinski definition) is 3. The normalized spacial score (nSPS) is 11.7. The van der Waals surface area contributed by atoms with Gasteiger partial charge in [-0.15, -0.1) is 0 Å². The zero-order valence-electron chi connectivity index (χ0n) is 17.3. The molecule has 0 aliphatic carbocycles. The molecule has 0 aliphatic heterocycles. The van der Waals surface area contributed by atoms with Gasteiger partial charge in [0.15, 0.2) is 5.96 Å². The van der Waals surface area contributed by atoms with Gasteiger partial charge < -0.3 is 20.7 Å². The zero-order chi connectivity index (χ0) is 20.6. The highest BCUT2D eigenvalue weighted by Gasteiger charge is 2.14. The van der Waals surface area contributed by atoms with Crippen LogP contribution in [0.2, 0.25) is 0 Å². The summed E-state index contributed by atoms with van der Waals surface area (Å²) in [5.74, 6) is 1.47. The fourth-order valence-corrected chi connectivity index (χ4v) is 2.63. The average Bonchev–Trinajstić information content (AvgIpc) is 2.61. The third kappa shape index (κ3) is 7.31. The van der Waals surface area contributed by atoms with Crippen LogP contribution in [0.4, 0.5) is 5.69 Å². The van der Waals surface area contributed by atoms with Crippen LogP contribution in [0.3, 0.4) is 0 Å². The average molecular weight is 383 g/mol. The topological polar surface area (TPSA) is 74.8 Å². The molecule has 0 aromatic heterocycles. The number of para-hydroxylation sites is 1. The number of guanidine groups is 1. The van der Waals surface area contributed by atoms with Crippen molar-refractivity contribution >= 4 is 17.6 Å². The van der Waals surface area contributed by atoms with Crippen LogP contribution in [0.1, 0.15) is 38.8 Å². The van der Waals surface area contributed by atoms with E-state index in [4.69, 9.17) is 4.74 Å². The van der Waals surface area contributed by atoms with E-state index >= 15 is 0 Å². The molecule has 0 unspecified atom stereocenters. The highest BCUT2D eigenvalue weighted by Crippen LogP contribution is 2.22. The van der Waals surface area contributed by atoms with E-state index in [1.165, 1.54) is 6.92 Å². The van der Waals surface area contributed by atoms with Crippen LogP contribution >= 0.6 is 0 Å². The molecule has 0 bridgehead atoms. The first-order chi connectivity index (χ1) is 13.3. The number of amides is 1. The predicted octanol–water partition coefficient (Wildman–Crippen LogP) is 3.69. The quantitative estimate of drug-likeness (QED) is 0.526. The number of benzene rings is 2. The first-order valence-electron chi connectivity index (χ1n) is 9.35. The van der Waals surface area contributed by atoms with Crippen molar-refractivity contribution < 1.29 is 9.53 Å². The number of rotatable bonds is 6. The van der Waals surface area contributed by atoms with Crippen LogP contribution in [0, 0.1) is 0 Å². The minimum atomic E-state index is -0.255. The highest BCUT2D eigenvalue weighted by atomic mass is 16.5. The Balaban J connectivity index is 1.95. The highest BCUT2D eigenvalue weighted by molar-refractivity contribution is 5.88. The van der Waals surface area contributed by atoms with Crippen molar-refractivity contribution in [2.45, 2.75) is 46.4 Å². The monoisotopic (exact) mass is 382 g/mol. The van der Waals surface area contributed by atoms with E-state index in [0.717, 1.165) is 22.6 Å². The SMILES string of the molecule is CN=C(NCc1cccc(NC(C)=O)c1)NCc1ccccc1OC(C)(C)C. The van der Waals surface area contributed by atoms with Gasteiger partial charge in [0.25, 0.3) is 0 Å². The molecule has 0 saturated carbocycles. The van der Waals surface area contributed by atoms with Crippen molar-refractivity contribution in [2.75, 3.05) is 12.4 Å². The Bertz CT molecular complexity index is 825. The maximum absolute atomic E-state index is 11.2. The molecule has 3 N–H and O–H groups in total. The Kier molecular flexibility index (Phi) is 7.44. The van der Waals surface area contributed by atoms with E-state index < -0.39 is 0 Å². The van der Waals surface area contributed by atoms with E-state index in [0.29, 0.717) is 19.0 Å². The number of carbonyl (C=O) groups is 1. The summed E-state index contributed by atoms with van der Waals surface area (Å²) in [5, 5.41) is 9.40. The number of anilines is 1. The fourth-order valence-electron chi connectivity index (χ4n) is 2.63.